The van der Waals surface area contributed by atoms with E-state index in [0.29, 0.717) is 12.0 Å². The number of hydrogen-bond donors (Lipinski definition) is 1. The molecular formula is C11H15NO4. The third-order valence-corrected chi connectivity index (χ3v) is 3.85. The fourth-order valence-corrected chi connectivity index (χ4v) is 2.91. The number of fused-ring (bicyclic) bond motifs is 3. The van der Waals surface area contributed by atoms with Crippen molar-refractivity contribution in [2.45, 2.75) is 31.3 Å². The van der Waals surface area contributed by atoms with E-state index in [1.54, 1.807) is 6.26 Å². The van der Waals surface area contributed by atoms with Crippen LogP contribution in [0.15, 0.2) is 12.3 Å². The molecule has 2 fully saturated rings. The van der Waals surface area contributed by atoms with Crippen LogP contribution in [0.2, 0.25) is 0 Å². The van der Waals surface area contributed by atoms with E-state index in [9.17, 15) is 4.79 Å². The van der Waals surface area contributed by atoms with Gasteiger partial charge < -0.3 is 19.5 Å². The van der Waals surface area contributed by atoms with E-state index >= 15 is 0 Å². The van der Waals surface area contributed by atoms with Gasteiger partial charge in [-0.15, -0.1) is 0 Å². The highest BCUT2D eigenvalue weighted by molar-refractivity contribution is 5.66. The summed E-state index contributed by atoms with van der Waals surface area (Å²) in [7, 11) is 1.53. The Balaban J connectivity index is 1.78. The fourth-order valence-electron chi connectivity index (χ4n) is 2.91. The summed E-state index contributed by atoms with van der Waals surface area (Å²) in [4.78, 5) is 11.2. The van der Waals surface area contributed by atoms with Crippen LogP contribution in [0.25, 0.3) is 0 Å². The zero-order chi connectivity index (χ0) is 11.3. The second kappa shape index (κ2) is 3.13. The lowest BCUT2D eigenvalue weighted by atomic mass is 9.87. The van der Waals surface area contributed by atoms with Gasteiger partial charge in [-0.3, -0.25) is 0 Å². The van der Waals surface area contributed by atoms with Gasteiger partial charge in [0.15, 0.2) is 0 Å². The molecule has 0 aromatic heterocycles. The molecule has 1 amide bonds. The SMILES string of the molecule is CNC(=O)O[C@@H]1OC=C[C@@H]2C[C@H]3O[C@@]3(C)[C@H]12. The lowest BCUT2D eigenvalue weighted by Gasteiger charge is -2.33. The molecule has 5 atom stereocenters. The van der Waals surface area contributed by atoms with Crippen LogP contribution in [0.1, 0.15) is 13.3 Å². The van der Waals surface area contributed by atoms with Crippen LogP contribution in [0.5, 0.6) is 0 Å². The standard InChI is InChI=1S/C11H15NO4/c1-11-7(16-11)5-6-3-4-14-9(8(6)11)15-10(13)12-2/h3-4,6-9H,5H2,1-2H3,(H,12,13)/t6-,7-,8+,9+,11-/m1/s1. The number of epoxide rings is 1. The molecule has 0 bridgehead atoms. The number of ether oxygens (including phenoxy) is 3. The van der Waals surface area contributed by atoms with E-state index in [4.69, 9.17) is 14.2 Å². The lowest BCUT2D eigenvalue weighted by Crippen LogP contribution is -2.42. The molecule has 0 aromatic rings. The van der Waals surface area contributed by atoms with Crippen molar-refractivity contribution < 1.29 is 19.0 Å². The quantitative estimate of drug-likeness (QED) is 0.676. The number of carbonyl (C=O) groups excluding carboxylic acids is 1. The number of alkyl carbamates (subject to hydrolysis) is 1. The van der Waals surface area contributed by atoms with Gasteiger partial charge in [0, 0.05) is 7.05 Å². The second-order valence-corrected chi connectivity index (χ2v) is 4.70. The summed E-state index contributed by atoms with van der Waals surface area (Å²) in [5.41, 5.74) is -0.173. The van der Waals surface area contributed by atoms with Crippen LogP contribution in [0, 0.1) is 11.8 Å². The van der Waals surface area contributed by atoms with E-state index < -0.39 is 12.4 Å². The molecule has 88 valence electrons. The maximum absolute atomic E-state index is 11.2. The normalized spacial score (nSPS) is 47.6. The van der Waals surface area contributed by atoms with Crippen molar-refractivity contribution in [2.24, 2.45) is 11.8 Å². The second-order valence-electron chi connectivity index (χ2n) is 4.70. The Hall–Kier alpha value is -1.23. The number of hydrogen-bond acceptors (Lipinski definition) is 4. The van der Waals surface area contributed by atoms with Gasteiger partial charge in [0.1, 0.15) is 5.60 Å². The molecular weight excluding hydrogens is 210 g/mol. The van der Waals surface area contributed by atoms with Crippen molar-refractivity contribution in [3.05, 3.63) is 12.3 Å². The van der Waals surface area contributed by atoms with Crippen molar-refractivity contribution in [3.8, 4) is 0 Å². The fraction of sp³-hybridized carbons (Fsp3) is 0.727. The molecule has 3 aliphatic rings. The van der Waals surface area contributed by atoms with E-state index in [2.05, 4.69) is 12.2 Å². The molecule has 0 aromatic carbocycles. The molecule has 1 aliphatic carbocycles. The van der Waals surface area contributed by atoms with Crippen molar-refractivity contribution in [2.75, 3.05) is 7.05 Å². The third kappa shape index (κ3) is 1.24. The summed E-state index contributed by atoms with van der Waals surface area (Å²) in [5, 5.41) is 2.43. The monoisotopic (exact) mass is 225 g/mol. The van der Waals surface area contributed by atoms with Crippen LogP contribution in [-0.2, 0) is 14.2 Å². The average molecular weight is 225 g/mol. The molecule has 2 aliphatic heterocycles. The maximum Gasteiger partial charge on any atom is 0.409 e. The Morgan fingerprint density at radius 2 is 2.44 bits per heavy atom. The van der Waals surface area contributed by atoms with Gasteiger partial charge in [-0.05, 0) is 25.3 Å². The first-order valence-electron chi connectivity index (χ1n) is 5.53. The Morgan fingerprint density at radius 1 is 1.62 bits per heavy atom. The minimum absolute atomic E-state index is 0.111. The number of carbonyl (C=O) groups is 1. The van der Waals surface area contributed by atoms with Crippen molar-refractivity contribution in [1.29, 1.82) is 0 Å². The Labute approximate surface area is 93.7 Å². The van der Waals surface area contributed by atoms with Gasteiger partial charge in [-0.2, -0.15) is 0 Å². The summed E-state index contributed by atoms with van der Waals surface area (Å²) in [6, 6.07) is 0. The molecule has 0 unspecified atom stereocenters. The average Bonchev–Trinajstić information content (AvgIpc) is 2.81. The van der Waals surface area contributed by atoms with E-state index in [0.717, 1.165) is 6.42 Å². The van der Waals surface area contributed by atoms with Gasteiger partial charge in [0.25, 0.3) is 6.29 Å². The Bertz CT molecular complexity index is 356. The first kappa shape index (κ1) is 9.96. The zero-order valence-corrected chi connectivity index (χ0v) is 9.30. The maximum atomic E-state index is 11.2. The van der Waals surface area contributed by atoms with Crippen molar-refractivity contribution in [1.82, 2.24) is 5.32 Å². The minimum Gasteiger partial charge on any atom is -0.462 e. The van der Waals surface area contributed by atoms with Crippen molar-refractivity contribution >= 4 is 6.09 Å². The summed E-state index contributed by atoms with van der Waals surface area (Å²) >= 11 is 0. The van der Waals surface area contributed by atoms with E-state index in [1.165, 1.54) is 7.05 Å². The minimum atomic E-state index is -0.535. The molecule has 1 N–H and O–H groups in total. The number of allylic oxidation sites excluding steroid dienone is 1. The van der Waals surface area contributed by atoms with Crippen LogP contribution in [0.3, 0.4) is 0 Å². The molecule has 5 heteroatoms. The summed E-state index contributed by atoms with van der Waals surface area (Å²) in [5.74, 6) is 0.506. The summed E-state index contributed by atoms with van der Waals surface area (Å²) in [6.07, 6.45) is 3.95. The molecule has 0 radical (unpaired) electrons. The third-order valence-electron chi connectivity index (χ3n) is 3.85. The molecule has 3 rings (SSSR count). The van der Waals surface area contributed by atoms with Gasteiger partial charge in [-0.25, -0.2) is 4.79 Å². The predicted molar refractivity (Wildman–Crippen MR) is 54.4 cm³/mol. The Kier molecular flexibility index (Phi) is 1.95. The highest BCUT2D eigenvalue weighted by atomic mass is 16.7. The number of nitrogens with one attached hydrogen (secondary N) is 1. The molecule has 1 saturated carbocycles. The van der Waals surface area contributed by atoms with E-state index in [-0.39, 0.29) is 11.5 Å². The first-order chi connectivity index (χ1) is 7.65. The highest BCUT2D eigenvalue weighted by Crippen LogP contribution is 2.59. The highest BCUT2D eigenvalue weighted by Gasteiger charge is 2.69. The zero-order valence-electron chi connectivity index (χ0n) is 9.30. The molecule has 0 spiro atoms. The van der Waals surface area contributed by atoms with Gasteiger partial charge >= 0.3 is 6.09 Å². The Morgan fingerprint density at radius 3 is 3.19 bits per heavy atom. The molecule has 2 heterocycles. The van der Waals surface area contributed by atoms with Gasteiger partial charge in [-0.1, -0.05) is 0 Å². The molecule has 5 nitrogen and oxygen atoms in total. The van der Waals surface area contributed by atoms with Gasteiger partial charge in [0.2, 0.25) is 0 Å². The topological polar surface area (TPSA) is 60.1 Å². The van der Waals surface area contributed by atoms with Gasteiger partial charge in [0.05, 0.1) is 18.3 Å². The van der Waals surface area contributed by atoms with Crippen LogP contribution in [0.4, 0.5) is 4.79 Å². The number of rotatable bonds is 1. The lowest BCUT2D eigenvalue weighted by molar-refractivity contribution is -0.134. The smallest absolute Gasteiger partial charge is 0.409 e. The van der Waals surface area contributed by atoms with E-state index in [1.807, 2.05) is 6.08 Å². The van der Waals surface area contributed by atoms with Crippen molar-refractivity contribution in [3.63, 3.8) is 0 Å². The van der Waals surface area contributed by atoms with Crippen LogP contribution in [-0.4, -0.2) is 31.1 Å². The summed E-state index contributed by atoms with van der Waals surface area (Å²) in [6.45, 7) is 2.06. The molecule has 1 saturated heterocycles. The largest absolute Gasteiger partial charge is 0.462 e. The van der Waals surface area contributed by atoms with Crippen LogP contribution < -0.4 is 5.32 Å². The number of amides is 1. The van der Waals surface area contributed by atoms with Crippen LogP contribution >= 0.6 is 0 Å². The summed E-state index contributed by atoms with van der Waals surface area (Å²) < 4.78 is 16.2. The first-order valence-corrected chi connectivity index (χ1v) is 5.53. The molecule has 16 heavy (non-hydrogen) atoms. The predicted octanol–water partition coefficient (Wildman–Crippen LogP) is 1.01.